The summed E-state index contributed by atoms with van der Waals surface area (Å²) in [6.45, 7) is 3.95. The largest absolute Gasteiger partial charge is 0.510 e. The molecule has 726 valence electrons. The van der Waals surface area contributed by atoms with E-state index in [1.807, 2.05) is 72.8 Å². The Hall–Kier alpha value is -14.5. The Bertz CT molecular complexity index is 7220. The van der Waals surface area contributed by atoms with Crippen molar-refractivity contribution in [3.63, 3.8) is 0 Å². The van der Waals surface area contributed by atoms with E-state index in [1.54, 1.807) is 66.6 Å². The van der Waals surface area contributed by atoms with E-state index in [2.05, 4.69) is 14.2 Å². The van der Waals surface area contributed by atoms with Gasteiger partial charge < -0.3 is 71.5 Å². The van der Waals surface area contributed by atoms with Crippen LogP contribution in [0.25, 0.3) is 64.7 Å². The van der Waals surface area contributed by atoms with Gasteiger partial charge in [-0.2, -0.15) is 0 Å². The first-order valence-electron chi connectivity index (χ1n) is 44.4. The van der Waals surface area contributed by atoms with Crippen molar-refractivity contribution in [2.45, 2.75) is 113 Å². The predicted molar refractivity (Wildman–Crippen MR) is 488 cm³/mol. The van der Waals surface area contributed by atoms with Gasteiger partial charge in [-0.15, -0.1) is 34.0 Å². The maximum atomic E-state index is 15.9. The molecule has 12 heterocycles. The summed E-state index contributed by atoms with van der Waals surface area (Å²) in [5.74, 6) is -16.2. The number of hydrogen-bond donors (Lipinski definition) is 0. The average Bonchev–Trinajstić information content (AvgIpc) is 1.49. The van der Waals surface area contributed by atoms with Crippen molar-refractivity contribution in [2.24, 2.45) is 0 Å². The van der Waals surface area contributed by atoms with Gasteiger partial charge in [0.15, 0.2) is 17.1 Å². The van der Waals surface area contributed by atoms with Crippen LogP contribution in [0.4, 0.5) is 53.9 Å². The van der Waals surface area contributed by atoms with Crippen LogP contribution in [0.15, 0.2) is 177 Å². The zero-order chi connectivity index (χ0) is 98.3. The lowest BCUT2D eigenvalue weighted by Gasteiger charge is -2.53. The molecule has 3 fully saturated rings. The van der Waals surface area contributed by atoms with E-state index in [0.29, 0.717) is 50.1 Å². The summed E-state index contributed by atoms with van der Waals surface area (Å²) in [5.41, 5.74) is 4.64. The molecule has 6 aliphatic heterocycles. The van der Waals surface area contributed by atoms with Crippen molar-refractivity contribution in [1.29, 1.82) is 0 Å². The van der Waals surface area contributed by atoms with Gasteiger partial charge in [-0.3, -0.25) is 57.8 Å². The van der Waals surface area contributed by atoms with E-state index >= 15 is 39.5 Å². The number of benzene rings is 6. The summed E-state index contributed by atoms with van der Waals surface area (Å²) in [5, 5.41) is 10.5. The van der Waals surface area contributed by atoms with Crippen molar-refractivity contribution >= 4 is 70.2 Å². The highest BCUT2D eigenvalue weighted by molar-refractivity contribution is 7.15. The van der Waals surface area contributed by atoms with Crippen molar-refractivity contribution in [3.05, 3.63) is 294 Å². The summed E-state index contributed by atoms with van der Waals surface area (Å²) >= 11 is 3.98. The third-order valence-corrected chi connectivity index (χ3v) is 30.5. The third-order valence-electron chi connectivity index (χ3n) is 27.4. The second-order valence-electron chi connectivity index (χ2n) is 35.2. The molecule has 3 amide bonds. The number of thiophene rings is 3. The Balaban J connectivity index is 0.000000121. The molecule has 3 saturated heterocycles. The molecule has 42 heteroatoms. The Morgan fingerprint density at radius 2 is 0.709 bits per heavy atom. The summed E-state index contributed by atoms with van der Waals surface area (Å²) < 4.78 is 209. The van der Waals surface area contributed by atoms with Crippen LogP contribution < -0.4 is 45.5 Å². The Labute approximate surface area is 804 Å². The number of carbonyl (C=O) groups excluding carboxylic acids is 6. The number of alkyl halides is 6. The molecule has 6 aromatic heterocycles. The van der Waals surface area contributed by atoms with Gasteiger partial charge in [0.1, 0.15) is 35.9 Å². The summed E-state index contributed by atoms with van der Waals surface area (Å²) in [6, 6.07) is 30.2. The monoisotopic (exact) mass is 2000 g/mol. The summed E-state index contributed by atoms with van der Waals surface area (Å²) in [6.07, 6.45) is -3.48. The normalized spacial score (nSPS) is 21.6. The molecule has 0 radical (unpaired) electrons. The molecule has 12 aliphatic rings. The lowest BCUT2D eigenvalue weighted by molar-refractivity contribution is -0.0579. The molecule has 0 bridgehead atoms. The minimum Gasteiger partial charge on any atom is -0.451 e. The maximum Gasteiger partial charge on any atom is 0.510 e. The highest BCUT2D eigenvalue weighted by Crippen LogP contribution is 2.63. The number of hydrogen-bond acceptors (Lipinski definition) is 27. The molecule has 5 unspecified atom stereocenters. The van der Waals surface area contributed by atoms with E-state index in [4.69, 9.17) is 42.6 Å². The fourth-order valence-electron chi connectivity index (χ4n) is 21.8. The van der Waals surface area contributed by atoms with Crippen LogP contribution in [0.5, 0.6) is 17.2 Å². The molecule has 30 nitrogen and oxygen atoms in total. The standard InChI is InChI=1S/3C33H26F3N3O7S/c1-16-12-37-23(13-44-16)39(38-10-9-22(40)29(28(38)31(37)41)45-15-46-32(42)43-2)27-18-5-3-4-6-19(18)30-24-17(14-47-30)11-33(35,36)26-21(34)8-7-20(27)25(24)26;2*1-16-12-44-13-23-38(16)31(41)28-29(45-15-46-32(42)43-2)22(40)9-10-37(28)39(23)27-18-5-3-4-6-19(18)30-24-17(14-47-30)11-33(35,36)26-21(34)8-7-20(27)25(24)26/h3*3-10,14,16,23,27H,11-13,15H2,1-2H3/t2*16?,23-,27-;/m11./s1. The van der Waals surface area contributed by atoms with Crippen LogP contribution in [0, 0.1) is 17.5 Å². The Morgan fingerprint density at radius 1 is 0.390 bits per heavy atom. The lowest BCUT2D eigenvalue weighted by Crippen LogP contribution is -2.68. The van der Waals surface area contributed by atoms with E-state index in [9.17, 15) is 43.2 Å². The van der Waals surface area contributed by atoms with Gasteiger partial charge in [0.2, 0.25) is 53.9 Å². The predicted octanol–water partition coefficient (Wildman–Crippen LogP) is 16.2. The molecule has 6 aliphatic carbocycles. The van der Waals surface area contributed by atoms with Gasteiger partial charge in [-0.05, 0) is 122 Å². The second kappa shape index (κ2) is 34.5. The van der Waals surface area contributed by atoms with Gasteiger partial charge in [0.25, 0.3) is 35.5 Å². The van der Waals surface area contributed by atoms with E-state index in [1.165, 1.54) is 103 Å². The number of morpholine rings is 3. The topological polar surface area (TPSA) is 299 Å². The van der Waals surface area contributed by atoms with Crippen molar-refractivity contribution in [3.8, 4) is 82.0 Å². The number of rotatable bonds is 12. The van der Waals surface area contributed by atoms with E-state index < -0.39 is 193 Å². The number of methoxy groups -OCH3 is 3. The number of ether oxygens (including phenoxy) is 12. The van der Waals surface area contributed by atoms with Crippen LogP contribution >= 0.6 is 34.0 Å². The molecular formula is C99H78F9N9O21S3. The first-order valence-corrected chi connectivity index (χ1v) is 47.1. The van der Waals surface area contributed by atoms with E-state index in [0.717, 1.165) is 87.5 Å². The second-order valence-corrected chi connectivity index (χ2v) is 37.9. The smallest absolute Gasteiger partial charge is 0.451 e. The molecule has 141 heavy (non-hydrogen) atoms. The fraction of sp³-hybridized carbons (Fsp3) is 0.303. The SMILES string of the molecule is COC(=O)OCOc1c2n(ccc1=O)N(C1c3ccccc3-c3scc4c3-c3c1ccc(F)c3C(F)(F)C4)C1COCC(C)N1C2=O.COC(=O)OCOc1c2n(ccc1=O)N([C@@H]1c3ccccc3-c3scc4c3-c3c1ccc(F)c3C(F)(F)C4)[C@@H]1COC(C)CN1C2=O.COC(=O)OCOc1c2n(ccc1=O)N([C@@H]1c3ccccc3-c3scc4c3-c3c1ccc(F)c3C(F)(F)C4)[C@@H]1COCC(C)N1C2=O. The van der Waals surface area contributed by atoms with Gasteiger partial charge in [-0.25, -0.2) is 53.9 Å². The molecule has 12 aromatic rings. The molecular weight excluding hydrogens is 1920 g/mol. The average molecular weight is 2000 g/mol. The third kappa shape index (κ3) is 14.3. The van der Waals surface area contributed by atoms with Crippen molar-refractivity contribution in [1.82, 2.24) is 28.7 Å². The van der Waals surface area contributed by atoms with Crippen molar-refractivity contribution < 1.29 is 125 Å². The lowest BCUT2D eigenvalue weighted by atomic mass is 9.80. The van der Waals surface area contributed by atoms with Crippen LogP contribution in [-0.4, -0.2) is 183 Å². The zero-order valence-electron chi connectivity index (χ0n) is 75.0. The summed E-state index contributed by atoms with van der Waals surface area (Å²) in [4.78, 5) is 124. The maximum absolute atomic E-state index is 15.9. The first kappa shape index (κ1) is 91.6. The van der Waals surface area contributed by atoms with Crippen LogP contribution in [0.3, 0.4) is 0 Å². The number of carbonyl (C=O) groups is 6. The molecule has 9 atom stereocenters. The number of amides is 3. The van der Waals surface area contributed by atoms with Crippen LogP contribution in [0.1, 0.15) is 137 Å². The minimum atomic E-state index is -3.47. The highest BCUT2D eigenvalue weighted by Gasteiger charge is 2.58. The highest BCUT2D eigenvalue weighted by atomic mass is 32.1. The number of nitrogens with zero attached hydrogens (tertiary/aromatic N) is 9. The van der Waals surface area contributed by atoms with Gasteiger partial charge in [0.05, 0.1) is 107 Å². The quantitative estimate of drug-likeness (QED) is 0.0475. The molecule has 0 spiro atoms. The molecule has 24 rings (SSSR count). The number of aromatic nitrogens is 3. The minimum absolute atomic E-state index is 0.0470. The molecule has 6 aromatic carbocycles. The Morgan fingerprint density at radius 3 is 1.04 bits per heavy atom. The first-order chi connectivity index (χ1) is 67.8. The van der Waals surface area contributed by atoms with Crippen LogP contribution in [-0.2, 0) is 79.7 Å². The zero-order valence-corrected chi connectivity index (χ0v) is 77.4. The van der Waals surface area contributed by atoms with Crippen molar-refractivity contribution in [2.75, 3.05) is 96.3 Å². The number of fused-ring (bicyclic) bond motifs is 12. The summed E-state index contributed by atoms with van der Waals surface area (Å²) in [7, 11) is 3.33. The molecule has 0 N–H and O–H groups in total. The molecule has 0 saturated carbocycles. The Kier molecular flexibility index (Phi) is 22.4. The van der Waals surface area contributed by atoms with Gasteiger partial charge >= 0.3 is 18.5 Å². The number of halogens is 9. The van der Waals surface area contributed by atoms with E-state index in [-0.39, 0.29) is 96.7 Å². The van der Waals surface area contributed by atoms with Gasteiger partial charge in [-0.1, -0.05) is 91.0 Å². The van der Waals surface area contributed by atoms with Crippen LogP contribution in [0.2, 0.25) is 0 Å². The number of pyridine rings is 3. The van der Waals surface area contributed by atoms with Gasteiger partial charge in [0, 0.05) is 111 Å². The fourth-order valence-corrected chi connectivity index (χ4v) is 25.2.